The molecule has 3 aliphatic rings. The number of nitrogens with zero attached hydrogens (tertiary/aromatic N) is 1. The second-order valence-corrected chi connectivity index (χ2v) is 7.63. The Hall–Kier alpha value is -3.19. The van der Waals surface area contributed by atoms with Crippen LogP contribution in [0.25, 0.3) is 22.4 Å². The number of rotatable bonds is 8. The average molecular weight is 409 g/mol. The van der Waals surface area contributed by atoms with Gasteiger partial charge in [0.2, 0.25) is 0 Å². The Bertz CT molecular complexity index is 1000. The minimum atomic E-state index is -1.04. The van der Waals surface area contributed by atoms with Crippen molar-refractivity contribution in [2.45, 2.75) is 38.2 Å². The summed E-state index contributed by atoms with van der Waals surface area (Å²) in [7, 11) is 0. The van der Waals surface area contributed by atoms with Crippen molar-refractivity contribution in [2.75, 3.05) is 6.61 Å². The quantitative estimate of drug-likeness (QED) is 0.540. The van der Waals surface area contributed by atoms with Gasteiger partial charge in [-0.05, 0) is 43.2 Å². The molecule has 1 fully saturated rings. The zero-order valence-electron chi connectivity index (χ0n) is 16.4. The van der Waals surface area contributed by atoms with Crippen LogP contribution in [0, 0.1) is 5.92 Å². The van der Waals surface area contributed by atoms with Crippen molar-refractivity contribution in [3.05, 3.63) is 48.2 Å². The zero-order chi connectivity index (χ0) is 21.1. The van der Waals surface area contributed by atoms with E-state index in [1.807, 2.05) is 12.1 Å². The lowest BCUT2D eigenvalue weighted by molar-refractivity contribution is -0.139. The number of hydrogen-bond acceptors (Lipinski definition) is 6. The molecule has 30 heavy (non-hydrogen) atoms. The molecule has 2 N–H and O–H groups in total. The van der Waals surface area contributed by atoms with Gasteiger partial charge in [0, 0.05) is 28.2 Å². The molecule has 1 unspecified atom stereocenters. The molecule has 1 aliphatic heterocycles. The Balaban J connectivity index is 1.55. The van der Waals surface area contributed by atoms with Crippen LogP contribution in [0.3, 0.4) is 0 Å². The van der Waals surface area contributed by atoms with E-state index in [0.717, 1.165) is 42.4 Å². The molecule has 2 aliphatic carbocycles. The average Bonchev–Trinajstić information content (AvgIpc) is 3.43. The Morgan fingerprint density at radius 1 is 1.10 bits per heavy atom. The van der Waals surface area contributed by atoms with Gasteiger partial charge in [0.15, 0.2) is 5.78 Å². The topological polar surface area (TPSA) is 110 Å². The largest absolute Gasteiger partial charge is 0.487 e. The Morgan fingerprint density at radius 3 is 2.50 bits per heavy atom. The van der Waals surface area contributed by atoms with Crippen LogP contribution >= 0.6 is 0 Å². The van der Waals surface area contributed by atoms with Gasteiger partial charge in [-0.15, -0.1) is 0 Å². The standard InChI is InChI=1S/C23H23NO6/c25-12-17(11-21(26)27)30-16-7-5-14(6-8-16)22-18-9-10-19(20(18)13-29-24-22)23(28)15-3-1-2-4-15/h5-10,13,15,17,25H,1-4,11-12H2,(H,26,27). The van der Waals surface area contributed by atoms with Crippen molar-refractivity contribution in [1.82, 2.24) is 5.16 Å². The molecule has 156 valence electrons. The van der Waals surface area contributed by atoms with Gasteiger partial charge in [0.1, 0.15) is 23.8 Å². The van der Waals surface area contributed by atoms with Crippen molar-refractivity contribution in [3.8, 4) is 28.1 Å². The molecule has 0 amide bonds. The number of carboxylic acid groups (broad SMARTS) is 1. The molecule has 0 saturated heterocycles. The van der Waals surface area contributed by atoms with Gasteiger partial charge in [-0.3, -0.25) is 9.59 Å². The smallest absolute Gasteiger partial charge is 0.307 e. The Labute approximate surface area is 173 Å². The summed E-state index contributed by atoms with van der Waals surface area (Å²) in [6.45, 7) is -0.390. The van der Waals surface area contributed by atoms with Crippen LogP contribution in [-0.4, -0.2) is 39.8 Å². The van der Waals surface area contributed by atoms with E-state index in [1.165, 1.54) is 6.26 Å². The normalized spacial score (nSPS) is 15.4. The number of carboxylic acids is 1. The van der Waals surface area contributed by atoms with Crippen molar-refractivity contribution < 1.29 is 29.1 Å². The predicted molar refractivity (Wildman–Crippen MR) is 109 cm³/mol. The van der Waals surface area contributed by atoms with Gasteiger partial charge in [-0.25, -0.2) is 0 Å². The molecule has 7 heteroatoms. The third-order valence-electron chi connectivity index (χ3n) is 5.59. The summed E-state index contributed by atoms with van der Waals surface area (Å²) >= 11 is 0. The minimum absolute atomic E-state index is 0.0916. The number of ether oxygens (including phenoxy) is 1. The molecular weight excluding hydrogens is 386 g/mol. The lowest BCUT2D eigenvalue weighted by atomic mass is 9.94. The summed E-state index contributed by atoms with van der Waals surface area (Å²) in [5.74, 6) is -0.328. The molecule has 1 heterocycles. The number of carbonyl (C=O) groups is 2. The summed E-state index contributed by atoms with van der Waals surface area (Å²) in [6, 6.07) is 10.7. The number of ketones is 1. The number of aromatic nitrogens is 1. The van der Waals surface area contributed by atoms with E-state index in [2.05, 4.69) is 5.16 Å². The van der Waals surface area contributed by atoms with Crippen LogP contribution in [-0.2, 0) is 4.79 Å². The molecule has 0 bridgehead atoms. The van der Waals surface area contributed by atoms with Gasteiger partial charge in [0.05, 0.1) is 13.0 Å². The minimum Gasteiger partial charge on any atom is -0.487 e. The first kappa shape index (κ1) is 20.1. The fraction of sp³-hybridized carbons (Fsp3) is 0.348. The summed E-state index contributed by atoms with van der Waals surface area (Å²) in [5, 5.41) is 22.3. The van der Waals surface area contributed by atoms with Gasteiger partial charge in [-0.1, -0.05) is 24.1 Å². The number of benzene rings is 1. The number of carbonyl (C=O) groups excluding carboxylic acids is 1. The Morgan fingerprint density at radius 2 is 1.83 bits per heavy atom. The van der Waals surface area contributed by atoms with Crippen LogP contribution in [0.4, 0.5) is 0 Å². The van der Waals surface area contributed by atoms with Crippen LogP contribution in [0.2, 0.25) is 0 Å². The maximum absolute atomic E-state index is 12.9. The molecule has 0 aromatic heterocycles. The number of aliphatic hydroxyl groups excluding tert-OH is 1. The second-order valence-electron chi connectivity index (χ2n) is 7.63. The first-order valence-electron chi connectivity index (χ1n) is 10.1. The van der Waals surface area contributed by atoms with Gasteiger partial charge < -0.3 is 19.5 Å². The fourth-order valence-corrected chi connectivity index (χ4v) is 4.06. The molecule has 1 aromatic carbocycles. The highest BCUT2D eigenvalue weighted by molar-refractivity contribution is 6.06. The maximum atomic E-state index is 12.9. The van der Waals surface area contributed by atoms with E-state index < -0.39 is 12.1 Å². The van der Waals surface area contributed by atoms with Crippen LogP contribution in [0.15, 0.2) is 47.2 Å². The van der Waals surface area contributed by atoms with Gasteiger partial charge in [0.25, 0.3) is 0 Å². The monoisotopic (exact) mass is 409 g/mol. The van der Waals surface area contributed by atoms with E-state index in [9.17, 15) is 14.7 Å². The van der Waals surface area contributed by atoms with Gasteiger partial charge >= 0.3 is 5.97 Å². The van der Waals surface area contributed by atoms with Crippen molar-refractivity contribution in [1.29, 1.82) is 0 Å². The first-order chi connectivity index (χ1) is 14.6. The van der Waals surface area contributed by atoms with Crippen molar-refractivity contribution in [2.24, 2.45) is 5.92 Å². The molecule has 0 spiro atoms. The van der Waals surface area contributed by atoms with E-state index in [4.69, 9.17) is 14.4 Å². The highest BCUT2D eigenvalue weighted by Gasteiger charge is 2.28. The number of hydrogen-bond donors (Lipinski definition) is 2. The van der Waals surface area contributed by atoms with Crippen LogP contribution in [0.1, 0.15) is 42.5 Å². The van der Waals surface area contributed by atoms with E-state index >= 15 is 0 Å². The molecular formula is C23H23NO6. The molecule has 1 atom stereocenters. The second kappa shape index (κ2) is 8.67. The SMILES string of the molecule is O=C(O)CC(CO)Oc1ccc(-c2nocc3c(C(=O)C4CCCC4)ccc2-3)cc1. The molecule has 1 aromatic rings. The number of fused-ring (bicyclic) bond motifs is 1. The van der Waals surface area contributed by atoms with E-state index in [-0.39, 0.29) is 24.7 Å². The summed E-state index contributed by atoms with van der Waals surface area (Å²) in [6.07, 6.45) is 4.51. The number of aliphatic hydroxyl groups is 1. The van der Waals surface area contributed by atoms with Crippen LogP contribution < -0.4 is 4.74 Å². The highest BCUT2D eigenvalue weighted by Crippen LogP contribution is 2.38. The van der Waals surface area contributed by atoms with Crippen LogP contribution in [0.5, 0.6) is 5.75 Å². The molecule has 0 radical (unpaired) electrons. The summed E-state index contributed by atoms with van der Waals surface area (Å²) < 4.78 is 10.8. The van der Waals surface area contributed by atoms with E-state index in [1.54, 1.807) is 24.3 Å². The van der Waals surface area contributed by atoms with Gasteiger partial charge in [-0.2, -0.15) is 0 Å². The fourth-order valence-electron chi connectivity index (χ4n) is 4.06. The summed E-state index contributed by atoms with van der Waals surface area (Å²) in [4.78, 5) is 23.7. The molecule has 7 nitrogen and oxygen atoms in total. The third-order valence-corrected chi connectivity index (χ3v) is 5.59. The molecule has 1 saturated carbocycles. The highest BCUT2D eigenvalue weighted by atomic mass is 16.5. The maximum Gasteiger partial charge on any atom is 0.307 e. The summed E-state index contributed by atoms with van der Waals surface area (Å²) in [5.41, 5.74) is 3.69. The lowest BCUT2D eigenvalue weighted by Gasteiger charge is -2.15. The Kier molecular flexibility index (Phi) is 5.81. The number of aliphatic carboxylic acids is 1. The lowest BCUT2D eigenvalue weighted by Crippen LogP contribution is -2.24. The van der Waals surface area contributed by atoms with E-state index in [0.29, 0.717) is 17.0 Å². The number of Topliss-reactive ketones (excluding diaryl/α,β-unsaturated/α-hetero) is 1. The molecule has 4 rings (SSSR count). The predicted octanol–water partition coefficient (Wildman–Crippen LogP) is 4.03. The third kappa shape index (κ3) is 4.07. The van der Waals surface area contributed by atoms with Crippen molar-refractivity contribution >= 4 is 11.8 Å². The first-order valence-corrected chi connectivity index (χ1v) is 10.1. The van der Waals surface area contributed by atoms with Crippen molar-refractivity contribution in [3.63, 3.8) is 0 Å². The zero-order valence-corrected chi connectivity index (χ0v) is 16.4.